The molecule has 130 valence electrons. The standard InChI is InChI=1S/C14H15F6NO2/c15-13(16,17)8-22-12-7-10(23-14(18,19)20)1-2-11(12)9-3-5-21-6-4-9/h1-2,7,9,21H,3-6,8H2. The van der Waals surface area contributed by atoms with E-state index in [4.69, 9.17) is 4.74 Å². The van der Waals surface area contributed by atoms with Gasteiger partial charge in [0.05, 0.1) is 0 Å². The number of hydrogen-bond acceptors (Lipinski definition) is 3. The van der Waals surface area contributed by atoms with Crippen LogP contribution in [0.1, 0.15) is 24.3 Å². The highest BCUT2D eigenvalue weighted by molar-refractivity contribution is 5.43. The van der Waals surface area contributed by atoms with Crippen LogP contribution in [0, 0.1) is 0 Å². The molecular formula is C14H15F6NO2. The Morgan fingerprint density at radius 3 is 2.26 bits per heavy atom. The second kappa shape index (κ2) is 6.86. The van der Waals surface area contributed by atoms with Crippen LogP contribution in [0.2, 0.25) is 0 Å². The zero-order valence-electron chi connectivity index (χ0n) is 11.9. The Morgan fingerprint density at radius 2 is 1.70 bits per heavy atom. The monoisotopic (exact) mass is 343 g/mol. The van der Waals surface area contributed by atoms with Gasteiger partial charge in [0.1, 0.15) is 11.5 Å². The van der Waals surface area contributed by atoms with Crippen LogP contribution >= 0.6 is 0 Å². The molecule has 1 aliphatic heterocycles. The summed E-state index contributed by atoms with van der Waals surface area (Å²) in [5.41, 5.74) is 0.463. The van der Waals surface area contributed by atoms with Crippen molar-refractivity contribution in [1.29, 1.82) is 0 Å². The molecule has 0 amide bonds. The van der Waals surface area contributed by atoms with Crippen molar-refractivity contribution in [2.75, 3.05) is 19.7 Å². The third-order valence-corrected chi connectivity index (χ3v) is 3.39. The van der Waals surface area contributed by atoms with Gasteiger partial charge in [-0.25, -0.2) is 0 Å². The van der Waals surface area contributed by atoms with E-state index in [1.165, 1.54) is 6.07 Å². The van der Waals surface area contributed by atoms with Crippen LogP contribution in [0.5, 0.6) is 11.5 Å². The van der Waals surface area contributed by atoms with E-state index in [9.17, 15) is 26.3 Å². The molecule has 1 aromatic carbocycles. The third-order valence-electron chi connectivity index (χ3n) is 3.39. The summed E-state index contributed by atoms with van der Waals surface area (Å²) in [5, 5.41) is 3.11. The summed E-state index contributed by atoms with van der Waals surface area (Å²) in [6.45, 7) is -0.200. The normalized spacial score (nSPS) is 17.1. The molecule has 23 heavy (non-hydrogen) atoms. The molecule has 0 unspecified atom stereocenters. The van der Waals surface area contributed by atoms with Crippen molar-refractivity contribution in [3.8, 4) is 11.5 Å². The highest BCUT2D eigenvalue weighted by Crippen LogP contribution is 2.37. The summed E-state index contributed by atoms with van der Waals surface area (Å²) in [6.07, 6.45) is -8.16. The molecule has 0 saturated carbocycles. The maximum absolute atomic E-state index is 12.3. The Labute approximate surface area is 128 Å². The van der Waals surface area contributed by atoms with E-state index in [0.29, 0.717) is 31.5 Å². The fourth-order valence-corrected chi connectivity index (χ4v) is 2.47. The number of piperidine rings is 1. The zero-order valence-corrected chi connectivity index (χ0v) is 11.9. The quantitative estimate of drug-likeness (QED) is 0.839. The van der Waals surface area contributed by atoms with Gasteiger partial charge in [-0.1, -0.05) is 6.07 Å². The fourth-order valence-electron chi connectivity index (χ4n) is 2.47. The van der Waals surface area contributed by atoms with Crippen LogP contribution in [-0.2, 0) is 0 Å². The van der Waals surface area contributed by atoms with E-state index in [1.54, 1.807) is 0 Å². The van der Waals surface area contributed by atoms with E-state index >= 15 is 0 Å². The van der Waals surface area contributed by atoms with E-state index < -0.39 is 24.9 Å². The summed E-state index contributed by atoms with van der Waals surface area (Å²) in [6, 6.07) is 3.28. The fraction of sp³-hybridized carbons (Fsp3) is 0.571. The minimum absolute atomic E-state index is 0.0700. The van der Waals surface area contributed by atoms with Gasteiger partial charge in [0, 0.05) is 6.07 Å². The van der Waals surface area contributed by atoms with E-state index in [-0.39, 0.29) is 11.7 Å². The van der Waals surface area contributed by atoms with Gasteiger partial charge in [0.15, 0.2) is 6.61 Å². The summed E-state index contributed by atoms with van der Waals surface area (Å²) < 4.78 is 82.2. The number of alkyl halides is 6. The summed E-state index contributed by atoms with van der Waals surface area (Å²) in [7, 11) is 0. The van der Waals surface area contributed by atoms with Gasteiger partial charge in [-0.15, -0.1) is 13.2 Å². The minimum Gasteiger partial charge on any atom is -0.484 e. The van der Waals surface area contributed by atoms with Gasteiger partial charge in [0.2, 0.25) is 0 Å². The molecule has 1 heterocycles. The molecule has 0 atom stereocenters. The van der Waals surface area contributed by atoms with E-state index in [0.717, 1.165) is 12.1 Å². The Hall–Kier alpha value is -1.64. The van der Waals surface area contributed by atoms with Crippen LogP contribution in [0.15, 0.2) is 18.2 Å². The summed E-state index contributed by atoms with van der Waals surface area (Å²) in [4.78, 5) is 0. The molecule has 1 aromatic rings. The zero-order chi connectivity index (χ0) is 17.1. The summed E-state index contributed by atoms with van der Waals surface area (Å²) in [5.74, 6) is -0.900. The number of benzene rings is 1. The van der Waals surface area contributed by atoms with Gasteiger partial charge in [0.25, 0.3) is 0 Å². The maximum Gasteiger partial charge on any atom is 0.573 e. The average Bonchev–Trinajstić information content (AvgIpc) is 2.44. The van der Waals surface area contributed by atoms with Crippen molar-refractivity contribution in [1.82, 2.24) is 5.32 Å². The van der Waals surface area contributed by atoms with E-state index in [1.807, 2.05) is 0 Å². The largest absolute Gasteiger partial charge is 0.573 e. The molecule has 1 aliphatic rings. The number of hydrogen-bond donors (Lipinski definition) is 1. The lowest BCUT2D eigenvalue weighted by Gasteiger charge is -2.25. The molecule has 0 aliphatic carbocycles. The molecule has 0 bridgehead atoms. The predicted molar refractivity (Wildman–Crippen MR) is 69.5 cm³/mol. The van der Waals surface area contributed by atoms with Gasteiger partial charge in [-0.05, 0) is 43.5 Å². The van der Waals surface area contributed by atoms with Crippen LogP contribution in [0.3, 0.4) is 0 Å². The molecular weight excluding hydrogens is 328 g/mol. The van der Waals surface area contributed by atoms with Crippen molar-refractivity contribution in [2.24, 2.45) is 0 Å². The maximum atomic E-state index is 12.3. The molecule has 9 heteroatoms. The van der Waals surface area contributed by atoms with Crippen LogP contribution < -0.4 is 14.8 Å². The second-order valence-corrected chi connectivity index (χ2v) is 5.18. The van der Waals surface area contributed by atoms with Crippen molar-refractivity contribution >= 4 is 0 Å². The lowest BCUT2D eigenvalue weighted by atomic mass is 9.89. The Balaban J connectivity index is 2.24. The highest BCUT2D eigenvalue weighted by Gasteiger charge is 2.33. The topological polar surface area (TPSA) is 30.5 Å². The van der Waals surface area contributed by atoms with Crippen LogP contribution in [0.4, 0.5) is 26.3 Å². The van der Waals surface area contributed by atoms with Gasteiger partial charge in [-0.2, -0.15) is 13.2 Å². The number of ether oxygens (including phenoxy) is 2. The van der Waals surface area contributed by atoms with Crippen molar-refractivity contribution in [2.45, 2.75) is 31.3 Å². The van der Waals surface area contributed by atoms with Crippen molar-refractivity contribution in [3.63, 3.8) is 0 Å². The molecule has 0 aromatic heterocycles. The Kier molecular flexibility index (Phi) is 5.28. The minimum atomic E-state index is -4.92. The molecule has 2 rings (SSSR count). The number of rotatable bonds is 4. The van der Waals surface area contributed by atoms with Crippen molar-refractivity contribution in [3.05, 3.63) is 23.8 Å². The first-order valence-corrected chi connectivity index (χ1v) is 6.94. The Morgan fingerprint density at radius 1 is 1.04 bits per heavy atom. The molecule has 3 nitrogen and oxygen atoms in total. The van der Waals surface area contributed by atoms with Gasteiger partial charge in [-0.3, -0.25) is 0 Å². The number of halogens is 6. The van der Waals surface area contributed by atoms with Crippen LogP contribution in [-0.4, -0.2) is 32.2 Å². The lowest BCUT2D eigenvalue weighted by Crippen LogP contribution is -2.27. The van der Waals surface area contributed by atoms with Crippen molar-refractivity contribution < 1.29 is 35.8 Å². The molecule has 0 spiro atoms. The smallest absolute Gasteiger partial charge is 0.484 e. The average molecular weight is 343 g/mol. The molecule has 0 radical (unpaired) electrons. The number of nitrogens with one attached hydrogen (secondary N) is 1. The molecule has 1 fully saturated rings. The highest BCUT2D eigenvalue weighted by atomic mass is 19.4. The molecule has 1 N–H and O–H groups in total. The predicted octanol–water partition coefficient (Wildman–Crippen LogP) is 3.99. The first kappa shape index (κ1) is 17.7. The first-order chi connectivity index (χ1) is 10.6. The Bertz CT molecular complexity index is 523. The summed E-state index contributed by atoms with van der Waals surface area (Å²) >= 11 is 0. The van der Waals surface area contributed by atoms with Crippen LogP contribution in [0.25, 0.3) is 0 Å². The second-order valence-electron chi connectivity index (χ2n) is 5.18. The van der Waals surface area contributed by atoms with Gasteiger partial charge < -0.3 is 14.8 Å². The molecule has 1 saturated heterocycles. The van der Waals surface area contributed by atoms with Gasteiger partial charge >= 0.3 is 12.5 Å². The first-order valence-electron chi connectivity index (χ1n) is 6.94. The third kappa shape index (κ3) is 5.81. The lowest BCUT2D eigenvalue weighted by molar-refractivity contribution is -0.274. The SMILES string of the molecule is FC(F)(F)COc1cc(OC(F)(F)F)ccc1C1CCNCC1. The van der Waals surface area contributed by atoms with E-state index in [2.05, 4.69) is 10.1 Å².